The van der Waals surface area contributed by atoms with Crippen LogP contribution in [0.15, 0.2) is 0 Å². The number of carboxylic acids is 2. The zero-order chi connectivity index (χ0) is 24.7. The third-order valence-corrected chi connectivity index (χ3v) is 4.82. The van der Waals surface area contributed by atoms with Crippen molar-refractivity contribution in [3.63, 3.8) is 0 Å². The number of aliphatic carboxylic acids is 2. The fourth-order valence-electron chi connectivity index (χ4n) is 3.11. The Bertz CT molecular complexity index is 632. The molecule has 2 heterocycles. The number of rotatable bonds is 4. The van der Waals surface area contributed by atoms with E-state index >= 15 is 0 Å². The van der Waals surface area contributed by atoms with Crippen LogP contribution >= 0.6 is 0 Å². The highest BCUT2D eigenvalue weighted by Gasteiger charge is 2.42. The molecule has 0 aromatic heterocycles. The molecule has 1 amide bonds. The van der Waals surface area contributed by atoms with Gasteiger partial charge in [0.15, 0.2) is 0 Å². The average Bonchev–Trinajstić information content (AvgIpc) is 3.37. The number of halogens is 6. The maximum atomic E-state index is 11.5. The maximum absolute atomic E-state index is 11.5. The van der Waals surface area contributed by atoms with Crippen LogP contribution < -0.4 is 5.32 Å². The van der Waals surface area contributed by atoms with Gasteiger partial charge in [-0.3, -0.25) is 14.6 Å². The molecule has 3 fully saturated rings. The second-order valence-corrected chi connectivity index (χ2v) is 7.39. The summed E-state index contributed by atoms with van der Waals surface area (Å²) in [6.07, 6.45) is -7.06. The Hall–Kier alpha value is -2.13. The second kappa shape index (κ2) is 11.7. The molecule has 0 aromatic carbocycles. The van der Waals surface area contributed by atoms with Crippen molar-refractivity contribution in [2.75, 3.05) is 46.4 Å². The van der Waals surface area contributed by atoms with Crippen molar-refractivity contribution in [3.05, 3.63) is 0 Å². The van der Waals surface area contributed by atoms with Crippen molar-refractivity contribution < 1.29 is 55.7 Å². The van der Waals surface area contributed by atoms with Gasteiger partial charge < -0.3 is 20.3 Å². The van der Waals surface area contributed by atoms with Gasteiger partial charge in [-0.2, -0.15) is 26.3 Å². The molecule has 2 atom stereocenters. The number of carbonyl (C=O) groups excluding carboxylic acids is 1. The Kier molecular flexibility index (Phi) is 10.2. The maximum Gasteiger partial charge on any atom is 0.490 e. The molecule has 3 aliphatic rings. The average molecular weight is 481 g/mol. The van der Waals surface area contributed by atoms with E-state index in [1.165, 1.54) is 19.4 Å². The smallest absolute Gasteiger partial charge is 0.475 e. The lowest BCUT2D eigenvalue weighted by Gasteiger charge is -2.36. The number of likely N-dealkylation sites (N-methyl/N-ethyl adjacent to an activating group) is 1. The van der Waals surface area contributed by atoms with Crippen molar-refractivity contribution in [1.82, 2.24) is 15.1 Å². The van der Waals surface area contributed by atoms with Crippen LogP contribution in [0.25, 0.3) is 0 Å². The van der Waals surface area contributed by atoms with Gasteiger partial charge in [-0.25, -0.2) is 9.59 Å². The van der Waals surface area contributed by atoms with Crippen LogP contribution in [-0.4, -0.2) is 109 Å². The van der Waals surface area contributed by atoms with Gasteiger partial charge >= 0.3 is 24.3 Å². The molecule has 3 N–H and O–H groups in total. The number of nitrogens with zero attached hydrogens (tertiary/aromatic N) is 2. The van der Waals surface area contributed by atoms with Gasteiger partial charge in [0, 0.05) is 33.2 Å². The first-order valence-electron chi connectivity index (χ1n) is 9.54. The normalized spacial score (nSPS) is 23.7. The lowest BCUT2D eigenvalue weighted by Crippen LogP contribution is -2.53. The molecule has 15 heteroatoms. The molecule has 0 aromatic rings. The van der Waals surface area contributed by atoms with Crippen LogP contribution in [0.3, 0.4) is 0 Å². The van der Waals surface area contributed by atoms with Crippen molar-refractivity contribution in [2.24, 2.45) is 5.92 Å². The number of likely N-dealkylation sites (tertiary alicyclic amines) is 1. The van der Waals surface area contributed by atoms with Crippen LogP contribution in [-0.2, 0) is 19.1 Å². The van der Waals surface area contributed by atoms with Gasteiger partial charge in [0.1, 0.15) is 0 Å². The zero-order valence-corrected chi connectivity index (χ0v) is 17.1. The number of amides is 1. The first-order chi connectivity index (χ1) is 14.6. The van der Waals surface area contributed by atoms with E-state index in [9.17, 15) is 31.1 Å². The van der Waals surface area contributed by atoms with E-state index in [-0.39, 0.29) is 5.91 Å². The number of morpholine rings is 1. The number of fused-ring (bicyclic) bond motifs is 1. The van der Waals surface area contributed by atoms with Gasteiger partial charge in [-0.15, -0.1) is 0 Å². The van der Waals surface area contributed by atoms with E-state index < -0.39 is 24.3 Å². The summed E-state index contributed by atoms with van der Waals surface area (Å²) >= 11 is 0. The number of carbonyl (C=O) groups is 3. The van der Waals surface area contributed by atoms with Crippen LogP contribution in [0.1, 0.15) is 12.8 Å². The number of hydrogen-bond acceptors (Lipinski definition) is 6. The summed E-state index contributed by atoms with van der Waals surface area (Å²) in [4.78, 5) is 34.1. The third-order valence-electron chi connectivity index (χ3n) is 4.82. The molecule has 0 unspecified atom stereocenters. The van der Waals surface area contributed by atoms with Crippen LogP contribution in [0.4, 0.5) is 26.3 Å². The lowest BCUT2D eigenvalue weighted by atomic mass is 10.1. The minimum Gasteiger partial charge on any atom is -0.475 e. The highest BCUT2D eigenvalue weighted by molar-refractivity contribution is 5.77. The fraction of sp³-hybridized carbons (Fsp3) is 0.824. The second-order valence-electron chi connectivity index (χ2n) is 7.39. The summed E-state index contributed by atoms with van der Waals surface area (Å²) in [6.45, 7) is 5.49. The first kappa shape index (κ1) is 27.9. The predicted molar refractivity (Wildman–Crippen MR) is 95.7 cm³/mol. The first-order valence-corrected chi connectivity index (χ1v) is 9.54. The van der Waals surface area contributed by atoms with E-state index in [2.05, 4.69) is 15.1 Å². The molecule has 9 nitrogen and oxygen atoms in total. The Labute approximate surface area is 179 Å². The van der Waals surface area contributed by atoms with Crippen molar-refractivity contribution in [2.45, 2.75) is 37.3 Å². The van der Waals surface area contributed by atoms with Gasteiger partial charge in [-0.05, 0) is 18.8 Å². The van der Waals surface area contributed by atoms with E-state index in [1.54, 1.807) is 7.05 Å². The SMILES string of the molecule is CNC(=O)CN1CCO[C@H]2CN(CC3CC3)C[C@H]21.O=C(O)C(F)(F)F.O=C(O)C(F)(F)F. The molecular formula is C17H25F6N3O6. The van der Waals surface area contributed by atoms with Crippen molar-refractivity contribution in [3.8, 4) is 0 Å². The molecule has 2 saturated heterocycles. The minimum atomic E-state index is -5.08. The highest BCUT2D eigenvalue weighted by Crippen LogP contribution is 2.32. The molecule has 32 heavy (non-hydrogen) atoms. The quantitative estimate of drug-likeness (QED) is 0.505. The highest BCUT2D eigenvalue weighted by atomic mass is 19.4. The molecule has 186 valence electrons. The molecular weight excluding hydrogens is 456 g/mol. The zero-order valence-electron chi connectivity index (χ0n) is 17.1. The van der Waals surface area contributed by atoms with Crippen LogP contribution in [0, 0.1) is 5.92 Å². The van der Waals surface area contributed by atoms with E-state index in [0.29, 0.717) is 18.7 Å². The standard InChI is InChI=1S/C13H23N3O2.2C2HF3O2/c1-14-13(17)9-16-4-5-18-12-8-15(7-11(12)16)6-10-2-3-10;2*3-2(4,5)1(6)7/h10-12H,2-9H2,1H3,(H,14,17);2*(H,6,7)/t11-,12+;;/m1../s1. The number of nitrogens with one attached hydrogen (secondary N) is 1. The third kappa shape index (κ3) is 9.99. The predicted octanol–water partition coefficient (Wildman–Crippen LogP) is 0.794. The Balaban J connectivity index is 0.000000305. The summed E-state index contributed by atoms with van der Waals surface area (Å²) < 4.78 is 69.3. The molecule has 3 rings (SSSR count). The fourth-order valence-corrected chi connectivity index (χ4v) is 3.11. The summed E-state index contributed by atoms with van der Waals surface area (Å²) in [6, 6.07) is 0.412. The van der Waals surface area contributed by atoms with E-state index in [1.807, 2.05) is 0 Å². The Morgan fingerprint density at radius 3 is 1.91 bits per heavy atom. The molecule has 2 aliphatic heterocycles. The van der Waals surface area contributed by atoms with E-state index in [4.69, 9.17) is 24.5 Å². The molecule has 1 saturated carbocycles. The number of carboxylic acid groups (broad SMARTS) is 2. The lowest BCUT2D eigenvalue weighted by molar-refractivity contribution is -0.193. The van der Waals surface area contributed by atoms with Gasteiger partial charge in [0.25, 0.3) is 0 Å². The topological polar surface area (TPSA) is 119 Å². The number of alkyl halides is 6. The summed E-state index contributed by atoms with van der Waals surface area (Å²) in [5.41, 5.74) is 0. The number of ether oxygens (including phenoxy) is 1. The number of hydrogen-bond donors (Lipinski definition) is 3. The Morgan fingerprint density at radius 2 is 1.50 bits per heavy atom. The molecule has 0 bridgehead atoms. The largest absolute Gasteiger partial charge is 0.490 e. The molecule has 0 radical (unpaired) electrons. The van der Waals surface area contributed by atoms with Gasteiger partial charge in [-0.1, -0.05) is 0 Å². The van der Waals surface area contributed by atoms with Crippen molar-refractivity contribution in [1.29, 1.82) is 0 Å². The molecule has 1 aliphatic carbocycles. The van der Waals surface area contributed by atoms with Gasteiger partial charge in [0.05, 0.1) is 25.3 Å². The summed E-state index contributed by atoms with van der Waals surface area (Å²) in [5.74, 6) is -4.48. The van der Waals surface area contributed by atoms with Gasteiger partial charge in [0.2, 0.25) is 5.91 Å². The monoisotopic (exact) mass is 481 g/mol. The Morgan fingerprint density at radius 1 is 1.00 bits per heavy atom. The minimum absolute atomic E-state index is 0.108. The van der Waals surface area contributed by atoms with Crippen LogP contribution in [0.2, 0.25) is 0 Å². The summed E-state index contributed by atoms with van der Waals surface area (Å²) in [5, 5.41) is 17.0. The van der Waals surface area contributed by atoms with E-state index in [0.717, 1.165) is 32.2 Å². The van der Waals surface area contributed by atoms with Crippen LogP contribution in [0.5, 0.6) is 0 Å². The molecule has 0 spiro atoms. The van der Waals surface area contributed by atoms with Crippen molar-refractivity contribution >= 4 is 17.8 Å². The summed E-state index contributed by atoms with van der Waals surface area (Å²) in [7, 11) is 1.70.